The molecular formula is C76H136O6. The van der Waals surface area contributed by atoms with Gasteiger partial charge in [0, 0.05) is 19.3 Å². The predicted octanol–water partition coefficient (Wildman–Crippen LogP) is 24.8. The van der Waals surface area contributed by atoms with Crippen molar-refractivity contribution in [3.63, 3.8) is 0 Å². The predicted molar refractivity (Wildman–Crippen MR) is 358 cm³/mol. The molecule has 1 unspecified atom stereocenters. The number of ether oxygens (including phenoxy) is 3. The summed E-state index contributed by atoms with van der Waals surface area (Å²) in [5.41, 5.74) is 0. The summed E-state index contributed by atoms with van der Waals surface area (Å²) in [5, 5.41) is 0. The second-order valence-corrected chi connectivity index (χ2v) is 24.1. The van der Waals surface area contributed by atoms with Crippen LogP contribution in [0, 0.1) is 0 Å². The van der Waals surface area contributed by atoms with Gasteiger partial charge in [0.1, 0.15) is 13.2 Å². The lowest BCUT2D eigenvalue weighted by molar-refractivity contribution is -0.167. The SMILES string of the molecule is CC/C=C\C/C=C\C/C=C\C/C=C\C/C=C\CCCCCC(=O)OC(COC(=O)CCCCCCCCCCC/C=C\CCCCCCCC)COC(=O)CCCCCCCCCCCCCCCCCCCCCCCCCCCC. The fourth-order valence-corrected chi connectivity index (χ4v) is 10.6. The van der Waals surface area contributed by atoms with E-state index in [0.29, 0.717) is 19.3 Å². The Kier molecular flexibility index (Phi) is 67.6. The number of carbonyl (C=O) groups excluding carboxylic acids is 3. The molecule has 0 amide bonds. The van der Waals surface area contributed by atoms with Gasteiger partial charge in [-0.05, 0) is 89.9 Å². The number of hydrogen-bond donors (Lipinski definition) is 0. The van der Waals surface area contributed by atoms with E-state index in [0.717, 1.165) is 96.3 Å². The molecule has 0 aromatic heterocycles. The zero-order valence-corrected chi connectivity index (χ0v) is 54.8. The Bertz CT molecular complexity index is 1500. The van der Waals surface area contributed by atoms with E-state index in [1.807, 2.05) is 0 Å². The van der Waals surface area contributed by atoms with Gasteiger partial charge in [0.05, 0.1) is 0 Å². The highest BCUT2D eigenvalue weighted by atomic mass is 16.6. The Morgan fingerprint density at radius 1 is 0.256 bits per heavy atom. The van der Waals surface area contributed by atoms with Crippen LogP contribution in [0.5, 0.6) is 0 Å². The molecule has 6 heteroatoms. The quantitative estimate of drug-likeness (QED) is 0.0261. The molecule has 0 aliphatic carbocycles. The third-order valence-corrected chi connectivity index (χ3v) is 15.9. The van der Waals surface area contributed by atoms with Gasteiger partial charge in [-0.15, -0.1) is 0 Å². The summed E-state index contributed by atoms with van der Waals surface area (Å²) in [6.07, 6.45) is 92.2. The normalized spacial score (nSPS) is 12.5. The van der Waals surface area contributed by atoms with E-state index < -0.39 is 6.10 Å². The van der Waals surface area contributed by atoms with Gasteiger partial charge in [0.2, 0.25) is 0 Å². The first-order valence-electron chi connectivity index (χ1n) is 35.9. The van der Waals surface area contributed by atoms with Crippen molar-refractivity contribution in [3.05, 3.63) is 72.9 Å². The first-order chi connectivity index (χ1) is 40.5. The number of carbonyl (C=O) groups is 3. The highest BCUT2D eigenvalue weighted by Crippen LogP contribution is 2.18. The lowest BCUT2D eigenvalue weighted by atomic mass is 10.0. The summed E-state index contributed by atoms with van der Waals surface area (Å²) in [6, 6.07) is 0. The number of hydrogen-bond acceptors (Lipinski definition) is 6. The van der Waals surface area contributed by atoms with E-state index in [9.17, 15) is 14.4 Å². The summed E-state index contributed by atoms with van der Waals surface area (Å²) in [6.45, 7) is 6.56. The molecule has 0 heterocycles. The highest BCUT2D eigenvalue weighted by Gasteiger charge is 2.19. The molecule has 0 rings (SSSR count). The van der Waals surface area contributed by atoms with Gasteiger partial charge in [0.25, 0.3) is 0 Å². The molecule has 0 saturated heterocycles. The van der Waals surface area contributed by atoms with Crippen LogP contribution >= 0.6 is 0 Å². The van der Waals surface area contributed by atoms with Gasteiger partial charge >= 0.3 is 17.9 Å². The third-order valence-electron chi connectivity index (χ3n) is 15.9. The van der Waals surface area contributed by atoms with E-state index in [1.54, 1.807) is 0 Å². The average molecular weight is 1150 g/mol. The van der Waals surface area contributed by atoms with Crippen LogP contribution in [0.15, 0.2) is 72.9 Å². The van der Waals surface area contributed by atoms with Gasteiger partial charge in [-0.1, -0.05) is 338 Å². The van der Waals surface area contributed by atoms with Crippen LogP contribution in [0.25, 0.3) is 0 Å². The van der Waals surface area contributed by atoms with Crippen molar-refractivity contribution in [1.82, 2.24) is 0 Å². The smallest absolute Gasteiger partial charge is 0.306 e. The van der Waals surface area contributed by atoms with Crippen molar-refractivity contribution in [3.8, 4) is 0 Å². The first kappa shape index (κ1) is 78.8. The van der Waals surface area contributed by atoms with Crippen LogP contribution in [-0.4, -0.2) is 37.2 Å². The maximum Gasteiger partial charge on any atom is 0.306 e. The molecule has 1 atom stereocenters. The second-order valence-electron chi connectivity index (χ2n) is 24.1. The van der Waals surface area contributed by atoms with E-state index in [1.165, 1.54) is 238 Å². The van der Waals surface area contributed by atoms with E-state index in [2.05, 4.69) is 93.7 Å². The Morgan fingerprint density at radius 3 is 0.768 bits per heavy atom. The Balaban J connectivity index is 4.34. The van der Waals surface area contributed by atoms with Gasteiger partial charge in [-0.3, -0.25) is 14.4 Å². The Morgan fingerprint density at radius 2 is 0.476 bits per heavy atom. The van der Waals surface area contributed by atoms with E-state index >= 15 is 0 Å². The monoisotopic (exact) mass is 1150 g/mol. The molecule has 0 aromatic rings. The molecule has 476 valence electrons. The molecule has 0 aliphatic rings. The zero-order chi connectivity index (χ0) is 59.2. The minimum Gasteiger partial charge on any atom is -0.462 e. The molecule has 0 saturated carbocycles. The number of allylic oxidation sites excluding steroid dienone is 12. The van der Waals surface area contributed by atoms with Crippen LogP contribution in [-0.2, 0) is 28.6 Å². The zero-order valence-electron chi connectivity index (χ0n) is 54.8. The summed E-state index contributed by atoms with van der Waals surface area (Å²) in [7, 11) is 0. The van der Waals surface area contributed by atoms with Gasteiger partial charge in [-0.25, -0.2) is 0 Å². The molecule has 0 aliphatic heterocycles. The fraction of sp³-hybridized carbons (Fsp3) is 0.803. The lowest BCUT2D eigenvalue weighted by Gasteiger charge is -2.18. The van der Waals surface area contributed by atoms with Crippen molar-refractivity contribution in [2.75, 3.05) is 13.2 Å². The van der Waals surface area contributed by atoms with Crippen molar-refractivity contribution in [1.29, 1.82) is 0 Å². The van der Waals surface area contributed by atoms with Crippen molar-refractivity contribution < 1.29 is 28.6 Å². The first-order valence-corrected chi connectivity index (χ1v) is 35.9. The summed E-state index contributed by atoms with van der Waals surface area (Å²) >= 11 is 0. The van der Waals surface area contributed by atoms with E-state index in [-0.39, 0.29) is 31.1 Å². The largest absolute Gasteiger partial charge is 0.462 e. The Hall–Kier alpha value is -3.15. The van der Waals surface area contributed by atoms with Crippen LogP contribution in [0.2, 0.25) is 0 Å². The molecular weight excluding hydrogens is 1010 g/mol. The van der Waals surface area contributed by atoms with Crippen molar-refractivity contribution in [2.45, 2.75) is 380 Å². The molecule has 0 N–H and O–H groups in total. The number of unbranched alkanes of at least 4 members (excludes halogenated alkanes) is 43. The van der Waals surface area contributed by atoms with Gasteiger partial charge < -0.3 is 14.2 Å². The average Bonchev–Trinajstić information content (AvgIpc) is 3.48. The molecule has 0 aromatic carbocycles. The van der Waals surface area contributed by atoms with Crippen LogP contribution in [0.4, 0.5) is 0 Å². The maximum absolute atomic E-state index is 12.9. The molecule has 6 nitrogen and oxygen atoms in total. The number of rotatable bonds is 66. The van der Waals surface area contributed by atoms with E-state index in [4.69, 9.17) is 14.2 Å². The summed E-state index contributed by atoms with van der Waals surface area (Å²) in [5.74, 6) is -0.898. The molecule has 0 radical (unpaired) electrons. The molecule has 82 heavy (non-hydrogen) atoms. The Labute approximate surface area is 510 Å². The molecule has 0 fully saturated rings. The fourth-order valence-electron chi connectivity index (χ4n) is 10.6. The summed E-state index contributed by atoms with van der Waals surface area (Å²) < 4.78 is 17.0. The molecule has 0 spiro atoms. The summed E-state index contributed by atoms with van der Waals surface area (Å²) in [4.78, 5) is 38.5. The van der Waals surface area contributed by atoms with Crippen molar-refractivity contribution >= 4 is 17.9 Å². The number of esters is 3. The minimum atomic E-state index is -0.795. The van der Waals surface area contributed by atoms with Crippen LogP contribution < -0.4 is 0 Å². The third kappa shape index (κ3) is 67.6. The topological polar surface area (TPSA) is 78.9 Å². The minimum absolute atomic E-state index is 0.0860. The molecule has 0 bridgehead atoms. The standard InChI is InChI=1S/C76H136O6/c1-4-7-10-13-16-19-22-25-28-31-34-35-36-37-38-39-40-43-45-48-51-54-57-60-63-66-69-75(78)81-72-73(82-76(79)70-67-64-61-58-55-52-49-46-42-33-30-27-24-21-18-15-12-9-6-3)71-80-74(77)68-65-62-59-56-53-50-47-44-41-32-29-26-23-20-17-14-11-8-5-2/h9,12,18,21,26-27,29-30,42,46,52,55,73H,4-8,10-11,13-17,19-20,22-25,28,31-41,43-45,47-51,53-54,56-72H2,1-3H3/b12-9-,21-18-,29-26-,30-27-,46-42-,55-52-. The van der Waals surface area contributed by atoms with Crippen LogP contribution in [0.1, 0.15) is 374 Å². The second kappa shape index (κ2) is 70.3. The lowest BCUT2D eigenvalue weighted by Crippen LogP contribution is -2.30. The van der Waals surface area contributed by atoms with Gasteiger partial charge in [0.15, 0.2) is 6.10 Å². The maximum atomic E-state index is 12.9. The highest BCUT2D eigenvalue weighted by molar-refractivity contribution is 5.71. The van der Waals surface area contributed by atoms with Crippen molar-refractivity contribution in [2.24, 2.45) is 0 Å². The van der Waals surface area contributed by atoms with Gasteiger partial charge in [-0.2, -0.15) is 0 Å². The van der Waals surface area contributed by atoms with Crippen LogP contribution in [0.3, 0.4) is 0 Å².